The zero-order chi connectivity index (χ0) is 20.2. The number of ether oxygens (including phenoxy) is 2. The first kappa shape index (κ1) is 19.6. The molecule has 1 aromatic heterocycles. The van der Waals surface area contributed by atoms with Crippen molar-refractivity contribution in [2.75, 3.05) is 26.3 Å². The number of carbonyl (C=O) groups is 1. The predicted octanol–water partition coefficient (Wildman–Crippen LogP) is 4.18. The van der Waals surface area contributed by atoms with Gasteiger partial charge in [0.2, 0.25) is 0 Å². The lowest BCUT2D eigenvalue weighted by molar-refractivity contribution is 0.0327. The van der Waals surface area contributed by atoms with Crippen molar-refractivity contribution in [3.05, 3.63) is 65.1 Å². The summed E-state index contributed by atoms with van der Waals surface area (Å²) in [6.45, 7) is 4.21. The van der Waals surface area contributed by atoms with E-state index in [-0.39, 0.29) is 0 Å². The minimum Gasteiger partial charge on any atom is -0.455 e. The van der Waals surface area contributed by atoms with E-state index in [0.717, 1.165) is 56.2 Å². The second kappa shape index (κ2) is 8.78. The van der Waals surface area contributed by atoms with E-state index in [9.17, 15) is 4.79 Å². The molecule has 1 aliphatic rings. The summed E-state index contributed by atoms with van der Waals surface area (Å²) in [5.41, 5.74) is 2.49. The third-order valence-electron chi connectivity index (χ3n) is 5.05. The van der Waals surface area contributed by atoms with Crippen LogP contribution in [0, 0.1) is 0 Å². The number of para-hydroxylation sites is 1. The number of aromatic nitrogens is 2. The van der Waals surface area contributed by atoms with Crippen molar-refractivity contribution in [1.82, 2.24) is 14.5 Å². The van der Waals surface area contributed by atoms with E-state index in [1.54, 1.807) is 18.2 Å². The molecule has 2 aromatic carbocycles. The largest absolute Gasteiger partial charge is 0.455 e. The maximum atomic E-state index is 11.2. The van der Waals surface area contributed by atoms with Crippen LogP contribution >= 0.6 is 11.6 Å². The quantitative estimate of drug-likeness (QED) is 0.569. The van der Waals surface area contributed by atoms with Gasteiger partial charge < -0.3 is 14.0 Å². The van der Waals surface area contributed by atoms with E-state index in [2.05, 4.69) is 14.5 Å². The van der Waals surface area contributed by atoms with Crippen molar-refractivity contribution in [1.29, 1.82) is 0 Å². The zero-order valence-electron chi connectivity index (χ0n) is 16.2. The number of aldehydes is 1. The average molecular weight is 412 g/mol. The van der Waals surface area contributed by atoms with Crippen LogP contribution in [0.2, 0.25) is 5.02 Å². The van der Waals surface area contributed by atoms with E-state index >= 15 is 0 Å². The minimum atomic E-state index is 0.366. The molecule has 0 N–H and O–H groups in total. The first-order valence-corrected chi connectivity index (χ1v) is 9.86. The molecule has 2 heterocycles. The standard InChI is InChI=1S/C22H22ClN3O3/c1-25-20(13-24-21(25)14-26-9-11-28-12-10-26)16-5-7-18(8-6-16)29-22-17(15-27)3-2-4-19(22)23/h2-8,13,15H,9-12,14H2,1H3. The highest BCUT2D eigenvalue weighted by Gasteiger charge is 2.15. The van der Waals surface area contributed by atoms with Gasteiger partial charge in [0, 0.05) is 25.7 Å². The third kappa shape index (κ3) is 4.34. The summed E-state index contributed by atoms with van der Waals surface area (Å²) >= 11 is 6.18. The molecule has 0 saturated carbocycles. The molecule has 0 bridgehead atoms. The number of carbonyl (C=O) groups excluding carboxylic acids is 1. The Kier molecular flexibility index (Phi) is 5.94. The molecule has 1 fully saturated rings. The van der Waals surface area contributed by atoms with Gasteiger partial charge in [-0.25, -0.2) is 4.98 Å². The summed E-state index contributed by atoms with van der Waals surface area (Å²) in [7, 11) is 2.03. The van der Waals surface area contributed by atoms with Crippen LogP contribution < -0.4 is 4.74 Å². The first-order chi connectivity index (χ1) is 14.2. The molecule has 0 spiro atoms. The number of hydrogen-bond acceptors (Lipinski definition) is 5. The van der Waals surface area contributed by atoms with Crippen molar-refractivity contribution in [3.8, 4) is 22.8 Å². The van der Waals surface area contributed by atoms with Crippen molar-refractivity contribution in [2.24, 2.45) is 7.05 Å². The summed E-state index contributed by atoms with van der Waals surface area (Å²) in [6.07, 6.45) is 2.63. The van der Waals surface area contributed by atoms with E-state index in [1.807, 2.05) is 37.5 Å². The summed E-state index contributed by atoms with van der Waals surface area (Å²) in [5, 5.41) is 0.401. The summed E-state index contributed by atoms with van der Waals surface area (Å²) < 4.78 is 13.4. The maximum Gasteiger partial charge on any atom is 0.156 e. The number of nitrogens with zero attached hydrogens (tertiary/aromatic N) is 3. The highest BCUT2D eigenvalue weighted by atomic mass is 35.5. The van der Waals surface area contributed by atoms with Gasteiger partial charge in [-0.2, -0.15) is 0 Å². The second-order valence-electron chi connectivity index (χ2n) is 6.91. The topological polar surface area (TPSA) is 56.6 Å². The molecule has 0 aliphatic carbocycles. The minimum absolute atomic E-state index is 0.366. The number of hydrogen-bond donors (Lipinski definition) is 0. The molecule has 4 rings (SSSR count). The third-order valence-corrected chi connectivity index (χ3v) is 5.35. The van der Waals surface area contributed by atoms with Gasteiger partial charge in [-0.05, 0) is 36.4 Å². The van der Waals surface area contributed by atoms with Gasteiger partial charge in [-0.15, -0.1) is 0 Å². The summed E-state index contributed by atoms with van der Waals surface area (Å²) in [5.74, 6) is 2.00. The van der Waals surface area contributed by atoms with E-state index in [0.29, 0.717) is 22.1 Å². The Morgan fingerprint density at radius 3 is 2.66 bits per heavy atom. The van der Waals surface area contributed by atoms with Crippen molar-refractivity contribution in [2.45, 2.75) is 6.54 Å². The van der Waals surface area contributed by atoms with Gasteiger partial charge >= 0.3 is 0 Å². The Balaban J connectivity index is 1.51. The molecule has 0 atom stereocenters. The van der Waals surface area contributed by atoms with E-state index in [1.165, 1.54) is 0 Å². The van der Waals surface area contributed by atoms with Crippen molar-refractivity contribution >= 4 is 17.9 Å². The Morgan fingerprint density at radius 1 is 1.17 bits per heavy atom. The lowest BCUT2D eigenvalue weighted by atomic mass is 10.1. The van der Waals surface area contributed by atoms with Crippen LogP contribution in [0.1, 0.15) is 16.2 Å². The molecule has 3 aromatic rings. The highest BCUT2D eigenvalue weighted by Crippen LogP contribution is 2.33. The number of benzene rings is 2. The summed E-state index contributed by atoms with van der Waals surface area (Å²) in [4.78, 5) is 18.2. The Morgan fingerprint density at radius 2 is 1.93 bits per heavy atom. The molecule has 1 saturated heterocycles. The molecule has 1 aliphatic heterocycles. The molecule has 6 nitrogen and oxygen atoms in total. The number of halogens is 1. The molecule has 29 heavy (non-hydrogen) atoms. The fourth-order valence-corrected chi connectivity index (χ4v) is 3.58. The lowest BCUT2D eigenvalue weighted by Gasteiger charge is -2.26. The number of morpholine rings is 1. The Hall–Kier alpha value is -2.67. The van der Waals surface area contributed by atoms with Crippen LogP contribution in [0.25, 0.3) is 11.3 Å². The predicted molar refractivity (Wildman–Crippen MR) is 112 cm³/mol. The molecule has 150 valence electrons. The van der Waals surface area contributed by atoms with Gasteiger partial charge in [-0.1, -0.05) is 17.7 Å². The zero-order valence-corrected chi connectivity index (χ0v) is 16.9. The van der Waals surface area contributed by atoms with Crippen molar-refractivity contribution in [3.63, 3.8) is 0 Å². The van der Waals surface area contributed by atoms with E-state index in [4.69, 9.17) is 21.1 Å². The first-order valence-electron chi connectivity index (χ1n) is 9.48. The van der Waals surface area contributed by atoms with Gasteiger partial charge in [0.05, 0.1) is 42.2 Å². The summed E-state index contributed by atoms with van der Waals surface area (Å²) in [6, 6.07) is 12.8. The lowest BCUT2D eigenvalue weighted by Crippen LogP contribution is -2.36. The van der Waals surface area contributed by atoms with Gasteiger partial charge in [-0.3, -0.25) is 9.69 Å². The Bertz CT molecular complexity index is 995. The van der Waals surface area contributed by atoms with Crippen LogP contribution in [-0.2, 0) is 18.3 Å². The normalized spacial score (nSPS) is 14.7. The van der Waals surface area contributed by atoms with Gasteiger partial charge in [0.1, 0.15) is 11.6 Å². The molecule has 0 radical (unpaired) electrons. The molecule has 0 unspecified atom stereocenters. The molecular weight excluding hydrogens is 390 g/mol. The van der Waals surface area contributed by atoms with Crippen LogP contribution in [0.3, 0.4) is 0 Å². The van der Waals surface area contributed by atoms with Crippen LogP contribution in [0.15, 0.2) is 48.7 Å². The van der Waals surface area contributed by atoms with Crippen molar-refractivity contribution < 1.29 is 14.3 Å². The smallest absolute Gasteiger partial charge is 0.156 e. The molecule has 7 heteroatoms. The van der Waals surface area contributed by atoms with E-state index < -0.39 is 0 Å². The number of rotatable bonds is 6. The van der Waals surface area contributed by atoms with Crippen LogP contribution in [-0.4, -0.2) is 47.0 Å². The fraction of sp³-hybridized carbons (Fsp3) is 0.273. The Labute approximate surface area is 174 Å². The van der Waals surface area contributed by atoms with Crippen LogP contribution in [0.4, 0.5) is 0 Å². The SMILES string of the molecule is Cn1c(-c2ccc(Oc3c(Cl)cccc3C=O)cc2)cnc1CN1CCOCC1. The monoisotopic (exact) mass is 411 g/mol. The maximum absolute atomic E-state index is 11.2. The van der Waals surface area contributed by atoms with Crippen LogP contribution in [0.5, 0.6) is 11.5 Å². The van der Waals surface area contributed by atoms with Gasteiger partial charge in [0.25, 0.3) is 0 Å². The average Bonchev–Trinajstić information content (AvgIpc) is 3.11. The second-order valence-corrected chi connectivity index (χ2v) is 7.32. The molecule has 0 amide bonds. The highest BCUT2D eigenvalue weighted by molar-refractivity contribution is 6.32. The fourth-order valence-electron chi connectivity index (χ4n) is 3.36. The number of imidazole rings is 1. The molecular formula is C22H22ClN3O3. The van der Waals surface area contributed by atoms with Gasteiger partial charge in [0.15, 0.2) is 12.0 Å².